The van der Waals surface area contributed by atoms with Crippen LogP contribution in [0.2, 0.25) is 10.4 Å². The van der Waals surface area contributed by atoms with Crippen molar-refractivity contribution in [3.63, 3.8) is 0 Å². The molecule has 584 valence electrons. The fourth-order valence-electron chi connectivity index (χ4n) is 8.95. The van der Waals surface area contributed by atoms with Crippen molar-refractivity contribution in [2.45, 2.75) is 87.2 Å². The number of halogens is 2. The molecule has 0 spiro atoms. The minimum Gasteiger partial charge on any atom is -0.444 e. The number of hydrogen-bond donors (Lipinski definition) is 7. The van der Waals surface area contributed by atoms with Gasteiger partial charge in [-0.1, -0.05) is 38.6 Å². The summed E-state index contributed by atoms with van der Waals surface area (Å²) in [7, 11) is 8.15. The molecular formula is C60H87Cl2N34NaO11S. The summed E-state index contributed by atoms with van der Waals surface area (Å²) in [6.07, 6.45) is 33.4. The van der Waals surface area contributed by atoms with Gasteiger partial charge in [0, 0.05) is 125 Å². The molecule has 0 amide bonds. The summed E-state index contributed by atoms with van der Waals surface area (Å²) in [5.74, 6) is 1.23. The number of nitro groups is 2. The number of nitrogens with zero attached hydrogens (tertiary/aromatic N) is 29. The second-order valence-electron chi connectivity index (χ2n) is 22.5. The van der Waals surface area contributed by atoms with Crippen molar-refractivity contribution in [3.05, 3.63) is 175 Å². The Morgan fingerprint density at radius 1 is 0.587 bits per heavy atom. The van der Waals surface area contributed by atoms with Crippen molar-refractivity contribution in [2.75, 3.05) is 47.2 Å². The molecule has 49 heteroatoms. The molecule has 9 N–H and O–H groups in total. The molecule has 45 nitrogen and oxygen atoms in total. The Balaban J connectivity index is 0.000000442. The van der Waals surface area contributed by atoms with Gasteiger partial charge in [-0.25, -0.2) is 29.9 Å². The third kappa shape index (κ3) is 34.0. The molecule has 0 saturated carbocycles. The summed E-state index contributed by atoms with van der Waals surface area (Å²) in [6, 6.07) is 1.38. The average molecular weight is 1590 g/mol. The van der Waals surface area contributed by atoms with Gasteiger partial charge in [-0.3, -0.25) is 67.0 Å². The van der Waals surface area contributed by atoms with E-state index in [1.54, 1.807) is 126 Å². The Labute approximate surface area is 658 Å². The first-order chi connectivity index (χ1) is 50.2. The van der Waals surface area contributed by atoms with Gasteiger partial charge in [0.15, 0.2) is 11.2 Å². The third-order valence-electron chi connectivity index (χ3n) is 13.3. The number of anilines is 8. The van der Waals surface area contributed by atoms with E-state index in [1.807, 2.05) is 60.0 Å². The molecule has 13 rings (SSSR count). The average Bonchev–Trinajstić information content (AvgIpc) is 1.65. The second kappa shape index (κ2) is 46.8. The van der Waals surface area contributed by atoms with Crippen LogP contribution < -0.4 is 57.0 Å². The predicted molar refractivity (Wildman–Crippen MR) is 404 cm³/mol. The van der Waals surface area contributed by atoms with Crippen LogP contribution in [0, 0.1) is 30.3 Å². The second-order valence-corrected chi connectivity index (χ2v) is 24.1. The number of nitrogen functional groups attached to an aromatic ring is 2. The van der Waals surface area contributed by atoms with E-state index in [0.717, 1.165) is 65.2 Å². The summed E-state index contributed by atoms with van der Waals surface area (Å²) >= 11 is 10.6. The summed E-state index contributed by atoms with van der Waals surface area (Å²) < 4.78 is 49.9. The van der Waals surface area contributed by atoms with Gasteiger partial charge in [0.05, 0.1) is 106 Å². The fraction of sp³-hybridized carbons (Fsp3) is 0.383. The van der Waals surface area contributed by atoms with Gasteiger partial charge in [-0.15, -0.1) is 10.4 Å². The largest absolute Gasteiger partial charge is 1.00 e. The third-order valence-corrected chi connectivity index (χ3v) is 13.8. The smallest absolute Gasteiger partial charge is 0.444 e. The Kier molecular flexibility index (Phi) is 40.3. The van der Waals surface area contributed by atoms with Crippen LogP contribution in [0.15, 0.2) is 117 Å². The van der Waals surface area contributed by atoms with Gasteiger partial charge in [-0.2, -0.15) is 58.8 Å². The minimum absolute atomic E-state index is 0. The van der Waals surface area contributed by atoms with E-state index in [-0.39, 0.29) is 72.2 Å². The number of ether oxygens (including phenoxy) is 1. The molecule has 0 aliphatic carbocycles. The molecule has 1 aliphatic rings. The number of aryl methyl sites for hydroxylation is 7. The topological polar surface area (TPSA) is 573 Å². The zero-order valence-electron chi connectivity index (χ0n) is 60.4. The Hall–Kier alpha value is -11.2. The molecule has 0 radical (unpaired) electrons. The van der Waals surface area contributed by atoms with Crippen LogP contribution in [0.3, 0.4) is 0 Å². The molecule has 0 unspecified atom stereocenters. The Morgan fingerprint density at radius 3 is 1.35 bits per heavy atom. The molecule has 1 fully saturated rings. The van der Waals surface area contributed by atoms with Gasteiger partial charge in [0.25, 0.3) is 0 Å². The first kappa shape index (κ1) is 93.8. The van der Waals surface area contributed by atoms with Gasteiger partial charge in [0.1, 0.15) is 23.8 Å². The van der Waals surface area contributed by atoms with Gasteiger partial charge >= 0.3 is 51.3 Å². The van der Waals surface area contributed by atoms with Crippen molar-refractivity contribution in [1.82, 2.24) is 128 Å². The van der Waals surface area contributed by atoms with Crippen LogP contribution in [0.5, 0.6) is 0 Å². The molecule has 109 heavy (non-hydrogen) atoms. The number of nitrogens with two attached hydrogens (primary N) is 2. The molecule has 0 atom stereocenters. The van der Waals surface area contributed by atoms with Crippen LogP contribution >= 0.6 is 23.2 Å². The molecule has 13 heterocycles. The van der Waals surface area contributed by atoms with Crippen molar-refractivity contribution in [2.24, 2.45) is 54.7 Å². The number of aromatic nitrogens is 25. The maximum absolute atomic E-state index is 11.2. The van der Waals surface area contributed by atoms with Crippen LogP contribution in [0.4, 0.5) is 57.7 Å². The number of fused-ring (bicyclic) bond motifs is 1. The molecule has 1 saturated heterocycles. The molecule has 12 aromatic rings. The molecule has 0 aromatic carbocycles. The maximum atomic E-state index is 11.2. The van der Waals surface area contributed by atoms with E-state index in [4.69, 9.17) is 67.0 Å². The quantitative estimate of drug-likeness (QED) is 0.0128. The number of hydrogen-bond acceptors (Lipinski definition) is 33. The predicted octanol–water partition coefficient (Wildman–Crippen LogP) is 4.96. The van der Waals surface area contributed by atoms with Crippen molar-refractivity contribution < 1.29 is 61.7 Å². The van der Waals surface area contributed by atoms with E-state index in [0.29, 0.717) is 70.7 Å². The van der Waals surface area contributed by atoms with Crippen molar-refractivity contribution >= 4 is 102 Å². The first-order valence-corrected chi connectivity index (χ1v) is 33.3. The SMILES string of the molecule is C.C.C1CCOC1.CCN(C(C)C)C(C)C.Cn1cc(Cc2nc(Nc3cnn(C)c3)ncc2N)cn1.Cn1cc(Cc2nc(Nc3cnn(C)c3)ncc2[N+](=O)[O-])cn1.Cn1cc(N)cn1.Cn1cc(Nc2ncc3nnn(-c4cnn(C)c4)c3n2)cn1.O=N[O-].O=S(=O)(O)O.O=[N+]([O-])c1cnc(Cl)nc1Cl.[Na+]. The van der Waals surface area contributed by atoms with E-state index in [2.05, 4.69) is 141 Å². The number of nitrogens with one attached hydrogen (secondary N) is 3. The molecular weight excluding hydrogens is 1500 g/mol. The fourth-order valence-corrected chi connectivity index (χ4v) is 9.33. The van der Waals surface area contributed by atoms with Crippen molar-refractivity contribution in [1.29, 1.82) is 0 Å². The number of rotatable bonds is 16. The van der Waals surface area contributed by atoms with E-state index in [9.17, 15) is 20.2 Å². The molecule has 0 bridgehead atoms. The van der Waals surface area contributed by atoms with Crippen molar-refractivity contribution in [3.8, 4) is 5.69 Å². The summed E-state index contributed by atoms with van der Waals surface area (Å²) in [5, 5.41) is 75.6. The minimum atomic E-state index is -4.67. The normalized spacial score (nSPS) is 10.9. The zero-order valence-corrected chi connectivity index (χ0v) is 64.7. The summed E-state index contributed by atoms with van der Waals surface area (Å²) in [5.41, 5.74) is 19.4. The summed E-state index contributed by atoms with van der Waals surface area (Å²) in [6.45, 7) is 14.3. The Morgan fingerprint density at radius 2 is 0.991 bits per heavy atom. The van der Waals surface area contributed by atoms with Gasteiger partial charge in [0.2, 0.25) is 28.3 Å². The Bertz CT molecular complexity index is 4780. The van der Waals surface area contributed by atoms with Crippen LogP contribution in [-0.4, -0.2) is 187 Å². The summed E-state index contributed by atoms with van der Waals surface area (Å²) in [4.78, 5) is 62.9. The first-order valence-electron chi connectivity index (χ1n) is 31.2. The standard InChI is InChI=1S/C13H14N8O2.C13H16N8.C12H12N10.C8H19N.C4HCl2N3O2.C4H7N3.C4H8O.2CH4.HNO2.Na.H2O4S/c1-19-7-9(4-15-19)3-11-12(21(22)23)6-14-13(18-11)17-10-5-16-20(2)8-10;1-20-7-9(4-16-20)3-12-11(14)6-15-13(19-12)18-10-5-17-21(2)8-10;1-20-6-8(3-14-20)16-12-13-5-10-11(17-12)22(19-18-10)9-4-15-21(2)7-9;1-6-9(7(2)3)8(4)5;5-3-2(9(10)11)1-7-4(6)8-3;1-7-3-4(5)2-6-7;1-2-4-5-3-1;;;2-1-3;;1-5(2,3)4/h4-8H,3H2,1-2H3,(H,14,17,18);4-8H,3,14H2,1-2H3,(H,15,18,19);3-7H,1-2H3,(H,13,16,17);7-8H,6H2,1-5H3;1H;2-3H,5H2,1H3;1-4H2;2*1H4;(H,2,3);;(H2,1,2,3,4)/q;;;;;;;;;;+1;/p-1. The molecule has 1 aliphatic heterocycles. The molecule has 12 aromatic heterocycles. The van der Waals surface area contributed by atoms with Crippen LogP contribution in [0.25, 0.3) is 16.9 Å². The van der Waals surface area contributed by atoms with E-state index < -0.39 is 20.2 Å². The van der Waals surface area contributed by atoms with Gasteiger partial charge < -0.3 is 42.3 Å². The van der Waals surface area contributed by atoms with Crippen LogP contribution in [0.1, 0.15) is 84.8 Å². The van der Waals surface area contributed by atoms with E-state index >= 15 is 0 Å². The van der Waals surface area contributed by atoms with Crippen LogP contribution in [-0.2, 0) is 77.3 Å². The van der Waals surface area contributed by atoms with Gasteiger partial charge in [-0.05, 0) is 69.8 Å². The van der Waals surface area contributed by atoms with E-state index in [1.165, 1.54) is 19.0 Å². The maximum Gasteiger partial charge on any atom is 1.00 e. The zero-order chi connectivity index (χ0) is 78.2. The monoisotopic (exact) mass is 1580 g/mol.